The molecule has 28 heavy (non-hydrogen) atoms. The molecule has 1 unspecified atom stereocenters. The van der Waals surface area contributed by atoms with Crippen LogP contribution in [0.5, 0.6) is 5.75 Å². The molecule has 1 atom stereocenters. The molecule has 0 amide bonds. The van der Waals surface area contributed by atoms with Crippen molar-refractivity contribution >= 4 is 11.9 Å². The quantitative estimate of drug-likeness (QED) is 0.398. The predicted octanol–water partition coefficient (Wildman–Crippen LogP) is 3.77. The molecule has 0 saturated carbocycles. The van der Waals surface area contributed by atoms with Crippen molar-refractivity contribution in [3.8, 4) is 5.75 Å². The predicted molar refractivity (Wildman–Crippen MR) is 110 cm³/mol. The van der Waals surface area contributed by atoms with Crippen molar-refractivity contribution in [1.82, 2.24) is 4.90 Å². The van der Waals surface area contributed by atoms with E-state index in [4.69, 9.17) is 24.5 Å². The van der Waals surface area contributed by atoms with Crippen LogP contribution in [0.4, 0.5) is 0 Å². The van der Waals surface area contributed by atoms with Crippen LogP contribution in [0.1, 0.15) is 43.7 Å². The summed E-state index contributed by atoms with van der Waals surface area (Å²) in [6.07, 6.45) is 7.95. The van der Waals surface area contributed by atoms with Crippen LogP contribution in [0.15, 0.2) is 30.9 Å². The number of nitrogens with zero attached hydrogens (tertiary/aromatic N) is 1. The van der Waals surface area contributed by atoms with Crippen LogP contribution in [-0.2, 0) is 16.0 Å². The van der Waals surface area contributed by atoms with E-state index in [1.807, 2.05) is 6.08 Å². The van der Waals surface area contributed by atoms with Crippen molar-refractivity contribution in [1.29, 1.82) is 0 Å². The second-order valence-electron chi connectivity index (χ2n) is 7.27. The van der Waals surface area contributed by atoms with Crippen molar-refractivity contribution in [3.05, 3.63) is 42.0 Å². The Labute approximate surface area is 167 Å². The van der Waals surface area contributed by atoms with Gasteiger partial charge in [0, 0.05) is 6.54 Å². The van der Waals surface area contributed by atoms with Gasteiger partial charge in [-0.1, -0.05) is 31.2 Å². The maximum absolute atomic E-state index is 9.10. The van der Waals surface area contributed by atoms with Crippen molar-refractivity contribution in [3.63, 3.8) is 0 Å². The first-order chi connectivity index (χ1) is 13.3. The number of carboxylic acid groups (broad SMARTS) is 2. The molecule has 6 heteroatoms. The normalized spacial score (nSPS) is 16.6. The van der Waals surface area contributed by atoms with Crippen LogP contribution in [0.2, 0.25) is 0 Å². The van der Waals surface area contributed by atoms with Crippen LogP contribution >= 0.6 is 0 Å². The highest BCUT2D eigenvalue weighted by Crippen LogP contribution is 2.24. The van der Waals surface area contributed by atoms with Gasteiger partial charge in [-0.25, -0.2) is 9.59 Å². The lowest BCUT2D eigenvalue weighted by Gasteiger charge is -2.30. The number of piperidine rings is 1. The number of aliphatic carboxylic acids is 2. The van der Waals surface area contributed by atoms with Gasteiger partial charge in [0.25, 0.3) is 0 Å². The van der Waals surface area contributed by atoms with Crippen molar-refractivity contribution in [2.45, 2.75) is 46.0 Å². The Balaban J connectivity index is 0.000000568. The van der Waals surface area contributed by atoms with Crippen LogP contribution in [0.25, 0.3) is 0 Å². The SMILES string of the molecule is C=CCc1cccc(C)c1OCCCCN1CCCC(C)C1.O=C(O)C(=O)O. The zero-order valence-corrected chi connectivity index (χ0v) is 17.0. The lowest BCUT2D eigenvalue weighted by molar-refractivity contribution is -0.159. The van der Waals surface area contributed by atoms with E-state index < -0.39 is 11.9 Å². The van der Waals surface area contributed by atoms with Gasteiger partial charge >= 0.3 is 11.9 Å². The Kier molecular flexibility index (Phi) is 11.0. The number of ether oxygens (including phenoxy) is 1. The zero-order valence-electron chi connectivity index (χ0n) is 17.0. The zero-order chi connectivity index (χ0) is 20.9. The Morgan fingerprint density at radius 1 is 1.29 bits per heavy atom. The summed E-state index contributed by atoms with van der Waals surface area (Å²) in [6.45, 7) is 12.9. The van der Waals surface area contributed by atoms with Crippen LogP contribution in [-0.4, -0.2) is 53.3 Å². The first-order valence-electron chi connectivity index (χ1n) is 9.85. The molecule has 6 nitrogen and oxygen atoms in total. The topological polar surface area (TPSA) is 87.1 Å². The number of carboxylic acids is 2. The average molecular weight is 392 g/mol. The molecule has 2 N–H and O–H groups in total. The van der Waals surface area contributed by atoms with E-state index in [0.29, 0.717) is 0 Å². The highest BCUT2D eigenvalue weighted by Gasteiger charge is 2.15. The Bertz CT molecular complexity index is 632. The summed E-state index contributed by atoms with van der Waals surface area (Å²) in [5, 5.41) is 14.8. The average Bonchev–Trinajstić information content (AvgIpc) is 2.64. The van der Waals surface area contributed by atoms with Gasteiger partial charge in [-0.3, -0.25) is 0 Å². The third-order valence-corrected chi connectivity index (χ3v) is 4.70. The molecule has 1 aliphatic heterocycles. The van der Waals surface area contributed by atoms with E-state index in [9.17, 15) is 0 Å². The minimum Gasteiger partial charge on any atom is -0.493 e. The first-order valence-corrected chi connectivity index (χ1v) is 9.85. The molecule has 0 radical (unpaired) electrons. The molecule has 1 aromatic rings. The van der Waals surface area contributed by atoms with E-state index in [-0.39, 0.29) is 0 Å². The third-order valence-electron chi connectivity index (χ3n) is 4.70. The summed E-state index contributed by atoms with van der Waals surface area (Å²) in [5.74, 6) is -1.71. The number of carbonyl (C=O) groups is 2. The van der Waals surface area contributed by atoms with Crippen LogP contribution in [0, 0.1) is 12.8 Å². The molecule has 1 heterocycles. The molecule has 1 saturated heterocycles. The highest BCUT2D eigenvalue weighted by atomic mass is 16.5. The maximum Gasteiger partial charge on any atom is 0.414 e. The number of allylic oxidation sites excluding steroid dienone is 1. The standard InChI is InChI=1S/C20H31NO.C2H2O4/c1-4-9-19-12-7-11-18(3)20(19)22-15-6-5-13-21-14-8-10-17(2)16-21;3-1(4)2(5)6/h4,7,11-12,17H,1,5-6,8-10,13-16H2,2-3H3;(H,3,4)(H,5,6). The summed E-state index contributed by atoms with van der Waals surface area (Å²) < 4.78 is 6.06. The number of likely N-dealkylation sites (tertiary alicyclic amines) is 1. The number of hydrogen-bond donors (Lipinski definition) is 2. The van der Waals surface area contributed by atoms with Gasteiger partial charge < -0.3 is 19.8 Å². The van der Waals surface area contributed by atoms with E-state index in [1.54, 1.807) is 0 Å². The third kappa shape index (κ3) is 9.04. The summed E-state index contributed by atoms with van der Waals surface area (Å²) in [6, 6.07) is 6.36. The van der Waals surface area contributed by atoms with Gasteiger partial charge in [-0.05, 0) is 69.2 Å². The second-order valence-corrected chi connectivity index (χ2v) is 7.27. The summed E-state index contributed by atoms with van der Waals surface area (Å²) in [5.41, 5.74) is 2.48. The molecule has 1 fully saturated rings. The highest BCUT2D eigenvalue weighted by molar-refractivity contribution is 6.27. The number of aryl methyl sites for hydroxylation is 1. The molecule has 156 valence electrons. The largest absolute Gasteiger partial charge is 0.493 e. The molecule has 0 bridgehead atoms. The van der Waals surface area contributed by atoms with E-state index in [1.165, 1.54) is 50.0 Å². The number of para-hydroxylation sites is 1. The minimum absolute atomic E-state index is 0.818. The first kappa shape index (κ1) is 23.7. The summed E-state index contributed by atoms with van der Waals surface area (Å²) >= 11 is 0. The molecule has 0 aromatic heterocycles. The lowest BCUT2D eigenvalue weighted by atomic mass is 10.0. The van der Waals surface area contributed by atoms with Crippen molar-refractivity contribution in [2.24, 2.45) is 5.92 Å². The van der Waals surface area contributed by atoms with Gasteiger partial charge in [-0.2, -0.15) is 0 Å². The Morgan fingerprint density at radius 2 is 2.00 bits per heavy atom. The van der Waals surface area contributed by atoms with Gasteiger partial charge in [0.1, 0.15) is 5.75 Å². The van der Waals surface area contributed by atoms with Crippen molar-refractivity contribution < 1.29 is 24.5 Å². The van der Waals surface area contributed by atoms with E-state index >= 15 is 0 Å². The molecule has 0 spiro atoms. The molecule has 2 rings (SSSR count). The maximum atomic E-state index is 9.10. The minimum atomic E-state index is -1.82. The van der Waals surface area contributed by atoms with Gasteiger partial charge in [0.2, 0.25) is 0 Å². The fraction of sp³-hybridized carbons (Fsp3) is 0.545. The summed E-state index contributed by atoms with van der Waals surface area (Å²) in [4.78, 5) is 20.8. The fourth-order valence-corrected chi connectivity index (χ4v) is 3.34. The molecule has 1 aliphatic rings. The lowest BCUT2D eigenvalue weighted by Crippen LogP contribution is -2.35. The van der Waals surface area contributed by atoms with E-state index in [2.05, 4.69) is 43.5 Å². The van der Waals surface area contributed by atoms with Gasteiger partial charge in [-0.15, -0.1) is 6.58 Å². The number of benzene rings is 1. The van der Waals surface area contributed by atoms with Crippen LogP contribution < -0.4 is 4.74 Å². The van der Waals surface area contributed by atoms with E-state index in [0.717, 1.165) is 31.1 Å². The molecule has 0 aliphatic carbocycles. The van der Waals surface area contributed by atoms with Gasteiger partial charge in [0.15, 0.2) is 0 Å². The molecular formula is C22H33NO5. The smallest absolute Gasteiger partial charge is 0.414 e. The van der Waals surface area contributed by atoms with Gasteiger partial charge in [0.05, 0.1) is 6.61 Å². The second kappa shape index (κ2) is 12.9. The molecule has 1 aromatic carbocycles. The molecular weight excluding hydrogens is 358 g/mol. The Hall–Kier alpha value is -2.34. The Morgan fingerprint density at radius 3 is 2.61 bits per heavy atom. The monoisotopic (exact) mass is 391 g/mol. The van der Waals surface area contributed by atoms with Crippen LogP contribution in [0.3, 0.4) is 0 Å². The number of rotatable bonds is 8. The fourth-order valence-electron chi connectivity index (χ4n) is 3.34. The van der Waals surface area contributed by atoms with Crippen molar-refractivity contribution in [2.75, 3.05) is 26.2 Å². The summed E-state index contributed by atoms with van der Waals surface area (Å²) in [7, 11) is 0. The number of unbranched alkanes of at least 4 members (excludes halogenated alkanes) is 1. The number of hydrogen-bond acceptors (Lipinski definition) is 4.